The van der Waals surface area contributed by atoms with Gasteiger partial charge in [-0.2, -0.15) is 4.99 Å². The van der Waals surface area contributed by atoms with Gasteiger partial charge in [-0.3, -0.25) is 4.79 Å². The van der Waals surface area contributed by atoms with Crippen LogP contribution in [0, 0.1) is 6.92 Å². The van der Waals surface area contributed by atoms with Crippen LogP contribution >= 0.6 is 0 Å². The van der Waals surface area contributed by atoms with E-state index in [0.717, 1.165) is 11.1 Å². The summed E-state index contributed by atoms with van der Waals surface area (Å²) in [7, 11) is 0. The maximum absolute atomic E-state index is 12.1. The Balaban J connectivity index is 2.10. The summed E-state index contributed by atoms with van der Waals surface area (Å²) in [5.74, 6) is 0.0756. The van der Waals surface area contributed by atoms with E-state index >= 15 is 0 Å². The highest BCUT2D eigenvalue weighted by Gasteiger charge is 2.06. The fourth-order valence-corrected chi connectivity index (χ4v) is 1.77. The number of Topliss-reactive ketones (excluding diaryl/α,β-unsaturated/α-hetero) is 1. The first-order chi connectivity index (χ1) is 9.19. The van der Waals surface area contributed by atoms with Gasteiger partial charge in [-0.15, -0.1) is 0 Å². The van der Waals surface area contributed by atoms with E-state index in [2.05, 4.69) is 4.99 Å². The average molecular weight is 251 g/mol. The Morgan fingerprint density at radius 2 is 1.68 bits per heavy atom. The summed E-state index contributed by atoms with van der Waals surface area (Å²) in [5.41, 5.74) is 3.28. The van der Waals surface area contributed by atoms with Crippen molar-refractivity contribution in [1.29, 1.82) is 0 Å². The van der Waals surface area contributed by atoms with Crippen LogP contribution in [0.3, 0.4) is 0 Å². The lowest BCUT2D eigenvalue weighted by Gasteiger charge is -2.02. The number of hydrogen-bond donors (Lipinski definition) is 0. The van der Waals surface area contributed by atoms with Crippen molar-refractivity contribution in [1.82, 2.24) is 0 Å². The topological polar surface area (TPSA) is 46.5 Å². The standard InChI is InChI=1S/C16H13NO2/c1-12-2-6-14(7-3-12)16(19)10-13-4-8-15(9-5-13)17-11-18/h2-9H,10H2,1H3. The van der Waals surface area contributed by atoms with Gasteiger partial charge in [-0.05, 0) is 24.6 Å². The predicted molar refractivity (Wildman–Crippen MR) is 73.4 cm³/mol. The molecule has 0 N–H and O–H groups in total. The lowest BCUT2D eigenvalue weighted by molar-refractivity contribution is 0.0993. The zero-order valence-electron chi connectivity index (χ0n) is 10.6. The number of carbonyl (C=O) groups excluding carboxylic acids is 2. The minimum Gasteiger partial charge on any atom is -0.294 e. The largest absolute Gasteiger partial charge is 0.294 e. The number of benzene rings is 2. The monoisotopic (exact) mass is 251 g/mol. The number of hydrogen-bond acceptors (Lipinski definition) is 3. The normalized spacial score (nSPS) is 9.74. The molecule has 94 valence electrons. The molecule has 19 heavy (non-hydrogen) atoms. The Kier molecular flexibility index (Phi) is 4.01. The smallest absolute Gasteiger partial charge is 0.240 e. The molecule has 0 aliphatic carbocycles. The lowest BCUT2D eigenvalue weighted by atomic mass is 10.0. The Labute approximate surface area is 111 Å². The van der Waals surface area contributed by atoms with E-state index in [4.69, 9.17) is 0 Å². The van der Waals surface area contributed by atoms with Crippen molar-refractivity contribution in [2.24, 2.45) is 4.99 Å². The first-order valence-electron chi connectivity index (χ1n) is 5.96. The third-order valence-corrected chi connectivity index (χ3v) is 2.85. The Bertz CT molecular complexity index is 621. The molecule has 0 aromatic heterocycles. The maximum Gasteiger partial charge on any atom is 0.240 e. The van der Waals surface area contributed by atoms with E-state index in [1.165, 1.54) is 6.08 Å². The summed E-state index contributed by atoms with van der Waals surface area (Å²) in [5, 5.41) is 0. The molecular weight excluding hydrogens is 238 g/mol. The van der Waals surface area contributed by atoms with Gasteiger partial charge >= 0.3 is 0 Å². The summed E-state index contributed by atoms with van der Waals surface area (Å²) in [6.07, 6.45) is 1.82. The molecule has 3 nitrogen and oxygen atoms in total. The Morgan fingerprint density at radius 3 is 2.26 bits per heavy atom. The second kappa shape index (κ2) is 5.89. The van der Waals surface area contributed by atoms with Crippen LogP contribution in [0.1, 0.15) is 21.5 Å². The van der Waals surface area contributed by atoms with Gasteiger partial charge in [0.05, 0.1) is 5.69 Å². The van der Waals surface area contributed by atoms with Gasteiger partial charge in [0.15, 0.2) is 5.78 Å². The van der Waals surface area contributed by atoms with Crippen molar-refractivity contribution in [3.05, 3.63) is 65.2 Å². The van der Waals surface area contributed by atoms with Gasteiger partial charge in [0.2, 0.25) is 6.08 Å². The van der Waals surface area contributed by atoms with E-state index in [-0.39, 0.29) is 5.78 Å². The molecule has 0 saturated heterocycles. The maximum atomic E-state index is 12.1. The second-order valence-corrected chi connectivity index (χ2v) is 4.34. The first-order valence-corrected chi connectivity index (χ1v) is 5.96. The average Bonchev–Trinajstić information content (AvgIpc) is 2.42. The van der Waals surface area contributed by atoms with Gasteiger partial charge in [0.1, 0.15) is 0 Å². The first kappa shape index (κ1) is 12.9. The molecule has 0 aliphatic rings. The minimum absolute atomic E-state index is 0.0756. The van der Waals surface area contributed by atoms with Crippen LogP contribution in [-0.2, 0) is 11.2 Å². The van der Waals surface area contributed by atoms with Crippen molar-refractivity contribution < 1.29 is 9.59 Å². The van der Waals surface area contributed by atoms with E-state index in [0.29, 0.717) is 17.7 Å². The summed E-state index contributed by atoms with van der Waals surface area (Å²) in [4.78, 5) is 25.7. The molecule has 0 spiro atoms. The zero-order valence-corrected chi connectivity index (χ0v) is 10.6. The van der Waals surface area contributed by atoms with Crippen LogP contribution in [-0.4, -0.2) is 11.9 Å². The van der Waals surface area contributed by atoms with E-state index in [1.54, 1.807) is 24.3 Å². The Hall–Kier alpha value is -2.51. The zero-order chi connectivity index (χ0) is 13.7. The molecule has 0 radical (unpaired) electrons. The minimum atomic E-state index is 0.0756. The summed E-state index contributed by atoms with van der Waals surface area (Å²) in [6, 6.07) is 14.5. The highest BCUT2D eigenvalue weighted by molar-refractivity contribution is 5.97. The summed E-state index contributed by atoms with van der Waals surface area (Å²) < 4.78 is 0. The van der Waals surface area contributed by atoms with Gasteiger partial charge in [-0.25, -0.2) is 4.79 Å². The predicted octanol–water partition coefficient (Wildman–Crippen LogP) is 3.39. The van der Waals surface area contributed by atoms with Crippen molar-refractivity contribution in [2.75, 3.05) is 0 Å². The number of nitrogens with zero attached hydrogens (tertiary/aromatic N) is 1. The molecule has 0 aliphatic heterocycles. The van der Waals surface area contributed by atoms with Gasteiger partial charge in [0.25, 0.3) is 0 Å². The highest BCUT2D eigenvalue weighted by atomic mass is 16.1. The van der Waals surface area contributed by atoms with E-state index in [9.17, 15) is 9.59 Å². The molecule has 0 fully saturated rings. The van der Waals surface area contributed by atoms with Crippen LogP contribution in [0.5, 0.6) is 0 Å². The van der Waals surface area contributed by atoms with Crippen LogP contribution < -0.4 is 0 Å². The van der Waals surface area contributed by atoms with Crippen LogP contribution in [0.2, 0.25) is 0 Å². The third kappa shape index (κ3) is 3.47. The Morgan fingerprint density at radius 1 is 1.05 bits per heavy atom. The number of ketones is 1. The summed E-state index contributed by atoms with van der Waals surface area (Å²) in [6.45, 7) is 1.99. The van der Waals surface area contributed by atoms with Gasteiger partial charge in [-0.1, -0.05) is 42.0 Å². The van der Waals surface area contributed by atoms with Crippen molar-refractivity contribution >= 4 is 17.6 Å². The van der Waals surface area contributed by atoms with E-state index < -0.39 is 0 Å². The fourth-order valence-electron chi connectivity index (χ4n) is 1.77. The van der Waals surface area contributed by atoms with Crippen LogP contribution in [0.4, 0.5) is 5.69 Å². The number of aryl methyl sites for hydroxylation is 1. The SMILES string of the molecule is Cc1ccc(C(=O)Cc2ccc(N=C=O)cc2)cc1. The van der Waals surface area contributed by atoms with Crippen molar-refractivity contribution in [2.45, 2.75) is 13.3 Å². The molecule has 0 atom stereocenters. The summed E-state index contributed by atoms with van der Waals surface area (Å²) >= 11 is 0. The van der Waals surface area contributed by atoms with Crippen LogP contribution in [0.15, 0.2) is 53.5 Å². The molecule has 3 heteroatoms. The molecule has 2 aromatic carbocycles. The second-order valence-electron chi connectivity index (χ2n) is 4.34. The molecule has 0 bridgehead atoms. The molecular formula is C16H13NO2. The highest BCUT2D eigenvalue weighted by Crippen LogP contribution is 2.14. The molecule has 2 aromatic rings. The third-order valence-electron chi connectivity index (χ3n) is 2.85. The number of isocyanates is 1. The number of aliphatic imine (C=N–C) groups is 1. The fraction of sp³-hybridized carbons (Fsp3) is 0.125. The molecule has 2 rings (SSSR count). The van der Waals surface area contributed by atoms with E-state index in [1.807, 2.05) is 31.2 Å². The van der Waals surface area contributed by atoms with Gasteiger partial charge in [0, 0.05) is 12.0 Å². The molecule has 0 amide bonds. The molecule has 0 heterocycles. The molecule has 0 saturated carbocycles. The van der Waals surface area contributed by atoms with Crippen molar-refractivity contribution in [3.8, 4) is 0 Å². The molecule has 0 unspecified atom stereocenters. The van der Waals surface area contributed by atoms with Gasteiger partial charge < -0.3 is 0 Å². The van der Waals surface area contributed by atoms with Crippen molar-refractivity contribution in [3.63, 3.8) is 0 Å². The number of carbonyl (C=O) groups is 1. The van der Waals surface area contributed by atoms with Crippen LogP contribution in [0.25, 0.3) is 0 Å². The lowest BCUT2D eigenvalue weighted by Crippen LogP contribution is -2.03. The number of rotatable bonds is 4. The quantitative estimate of drug-likeness (QED) is 0.475.